The summed E-state index contributed by atoms with van der Waals surface area (Å²) in [6.45, 7) is 3.17. The minimum Gasteiger partial charge on any atom is -0.354 e. The largest absolute Gasteiger partial charge is 0.417 e. The van der Waals surface area contributed by atoms with Crippen LogP contribution in [0.15, 0.2) is 77.7 Å². The van der Waals surface area contributed by atoms with Gasteiger partial charge in [-0.15, -0.1) is 0 Å². The van der Waals surface area contributed by atoms with Crippen molar-refractivity contribution in [1.82, 2.24) is 5.32 Å². The lowest BCUT2D eigenvalue weighted by molar-refractivity contribution is -0.137. The smallest absolute Gasteiger partial charge is 0.354 e. The van der Waals surface area contributed by atoms with E-state index >= 15 is 0 Å². The molecule has 0 radical (unpaired) electrons. The number of hydrogen-bond donors (Lipinski definition) is 1. The molecule has 3 aromatic rings. The zero-order valence-corrected chi connectivity index (χ0v) is 20.6. The molecule has 0 aliphatic rings. The quantitative estimate of drug-likeness (QED) is 0.406. The molecule has 0 heterocycles. The Hall–Kier alpha value is -3.04. The summed E-state index contributed by atoms with van der Waals surface area (Å²) in [7, 11) is -4.37. The Bertz CT molecular complexity index is 1280. The van der Waals surface area contributed by atoms with Crippen LogP contribution in [0.25, 0.3) is 0 Å². The lowest BCUT2D eigenvalue weighted by Crippen LogP contribution is -2.41. The highest BCUT2D eigenvalue weighted by molar-refractivity contribution is 7.92. The Balaban J connectivity index is 1.93. The number of carbonyl (C=O) groups excluding carboxylic acids is 1. The van der Waals surface area contributed by atoms with E-state index in [1.165, 1.54) is 12.1 Å². The van der Waals surface area contributed by atoms with Gasteiger partial charge in [-0.25, -0.2) is 8.42 Å². The number of nitrogens with zero attached hydrogens (tertiary/aromatic N) is 1. The summed E-state index contributed by atoms with van der Waals surface area (Å²) in [5, 5.41) is 2.10. The molecule has 3 aromatic carbocycles. The van der Waals surface area contributed by atoms with Gasteiger partial charge in [0.05, 0.1) is 21.2 Å². The summed E-state index contributed by atoms with van der Waals surface area (Å²) in [5.74, 6) is -0.721. The van der Waals surface area contributed by atoms with Gasteiger partial charge in [0.15, 0.2) is 0 Å². The number of anilines is 1. The third kappa shape index (κ3) is 6.55. The topological polar surface area (TPSA) is 66.5 Å². The molecule has 0 fully saturated rings. The Kier molecular flexibility index (Phi) is 8.12. The average Bonchev–Trinajstić information content (AvgIpc) is 2.81. The molecule has 3 rings (SSSR count). The predicted octanol–water partition coefficient (Wildman–Crippen LogP) is 5.78. The van der Waals surface area contributed by atoms with Crippen molar-refractivity contribution >= 4 is 33.2 Å². The lowest BCUT2D eigenvalue weighted by Gasteiger charge is -2.25. The summed E-state index contributed by atoms with van der Waals surface area (Å²) >= 11 is 5.72. The number of hydrogen-bond acceptors (Lipinski definition) is 3. The van der Waals surface area contributed by atoms with Crippen molar-refractivity contribution in [3.8, 4) is 0 Å². The molecule has 0 saturated carbocycles. The van der Waals surface area contributed by atoms with E-state index < -0.39 is 39.2 Å². The van der Waals surface area contributed by atoms with Gasteiger partial charge < -0.3 is 5.32 Å². The summed E-state index contributed by atoms with van der Waals surface area (Å²) in [6, 6.07) is 17.9. The minimum atomic E-state index is -4.81. The number of amides is 1. The van der Waals surface area contributed by atoms with Crippen molar-refractivity contribution in [2.24, 2.45) is 0 Å². The van der Waals surface area contributed by atoms with Crippen LogP contribution in [-0.4, -0.2) is 27.4 Å². The van der Waals surface area contributed by atoms with Crippen LogP contribution >= 0.6 is 11.6 Å². The molecule has 1 amide bonds. The molecule has 186 valence electrons. The number of benzene rings is 3. The van der Waals surface area contributed by atoms with Crippen LogP contribution in [0.3, 0.4) is 0 Å². The zero-order chi connectivity index (χ0) is 25.8. The van der Waals surface area contributed by atoms with E-state index in [1.807, 2.05) is 37.3 Å². The van der Waals surface area contributed by atoms with Crippen LogP contribution in [0, 0.1) is 6.92 Å². The summed E-state index contributed by atoms with van der Waals surface area (Å²) in [5.41, 5.74) is 0.255. The van der Waals surface area contributed by atoms with Gasteiger partial charge in [0.1, 0.15) is 6.54 Å². The maximum Gasteiger partial charge on any atom is 0.417 e. The second-order valence-electron chi connectivity index (χ2n) is 8.10. The van der Waals surface area contributed by atoms with Crippen molar-refractivity contribution in [3.05, 3.63) is 94.5 Å². The Morgan fingerprint density at radius 3 is 2.26 bits per heavy atom. The molecule has 0 aromatic heterocycles. The van der Waals surface area contributed by atoms with Gasteiger partial charge >= 0.3 is 6.18 Å². The van der Waals surface area contributed by atoms with Crippen molar-refractivity contribution < 1.29 is 26.4 Å². The maximum absolute atomic E-state index is 13.5. The molecule has 0 unspecified atom stereocenters. The first-order valence-corrected chi connectivity index (χ1v) is 12.5. The number of aryl methyl sites for hydroxylation is 1. The van der Waals surface area contributed by atoms with Crippen LogP contribution in [0.4, 0.5) is 18.9 Å². The molecule has 0 bridgehead atoms. The molecule has 1 N–H and O–H groups in total. The van der Waals surface area contributed by atoms with E-state index in [4.69, 9.17) is 11.6 Å². The van der Waals surface area contributed by atoms with Crippen molar-refractivity contribution in [2.75, 3.05) is 17.4 Å². The first-order valence-electron chi connectivity index (χ1n) is 10.7. The van der Waals surface area contributed by atoms with Crippen LogP contribution in [0.1, 0.15) is 29.5 Å². The third-order valence-electron chi connectivity index (χ3n) is 5.41. The summed E-state index contributed by atoms with van der Waals surface area (Å²) < 4.78 is 67.9. The zero-order valence-electron chi connectivity index (χ0n) is 19.0. The summed E-state index contributed by atoms with van der Waals surface area (Å²) in [4.78, 5) is 12.6. The van der Waals surface area contributed by atoms with Gasteiger partial charge in [-0.05, 0) is 48.7 Å². The third-order valence-corrected chi connectivity index (χ3v) is 7.53. The Morgan fingerprint density at radius 2 is 1.66 bits per heavy atom. The number of carbonyl (C=O) groups is 1. The molecule has 0 spiro atoms. The van der Waals surface area contributed by atoms with Gasteiger partial charge in [0.2, 0.25) is 5.91 Å². The van der Waals surface area contributed by atoms with Crippen molar-refractivity contribution in [3.63, 3.8) is 0 Å². The average molecular weight is 525 g/mol. The lowest BCUT2D eigenvalue weighted by atomic mass is 10.0. The first-order chi connectivity index (χ1) is 16.4. The van der Waals surface area contributed by atoms with Crippen LogP contribution in [-0.2, 0) is 21.0 Å². The molecule has 10 heteroatoms. The monoisotopic (exact) mass is 524 g/mol. The number of alkyl halides is 3. The van der Waals surface area contributed by atoms with Crippen molar-refractivity contribution in [1.29, 1.82) is 0 Å². The SMILES string of the molecule is Cc1ccc(S(=O)(=O)N(CC(=O)NC[C@H](C)c2ccccc2)c2ccc(Cl)c(C(F)(F)F)c2)cc1. The normalized spacial score (nSPS) is 12.7. The van der Waals surface area contributed by atoms with Gasteiger partial charge in [-0.1, -0.05) is 66.6 Å². The Labute approximate surface area is 207 Å². The molecule has 0 saturated heterocycles. The molecule has 0 aliphatic heterocycles. The highest BCUT2D eigenvalue weighted by Gasteiger charge is 2.35. The fraction of sp³-hybridized carbons (Fsp3) is 0.240. The van der Waals surface area contributed by atoms with Gasteiger partial charge in [0, 0.05) is 6.54 Å². The number of rotatable bonds is 8. The molecule has 1 atom stereocenters. The van der Waals surface area contributed by atoms with Gasteiger partial charge in [-0.3, -0.25) is 9.10 Å². The number of nitrogens with one attached hydrogen (secondary N) is 1. The molecule has 5 nitrogen and oxygen atoms in total. The van der Waals surface area contributed by atoms with Gasteiger partial charge in [0.25, 0.3) is 10.0 Å². The van der Waals surface area contributed by atoms with Crippen LogP contribution in [0.5, 0.6) is 0 Å². The molecule has 0 aliphatic carbocycles. The standard InChI is InChI=1S/C25H24ClF3N2O3S/c1-17-8-11-21(12-9-17)35(33,34)31(20-10-13-23(26)22(14-20)25(27,28)29)16-24(32)30-15-18(2)19-6-4-3-5-7-19/h3-14,18H,15-16H2,1-2H3,(H,30,32)/t18-/m0/s1. The van der Waals surface area contributed by atoms with Crippen molar-refractivity contribution in [2.45, 2.75) is 30.8 Å². The number of sulfonamides is 1. The second-order valence-corrected chi connectivity index (χ2v) is 10.4. The predicted molar refractivity (Wildman–Crippen MR) is 130 cm³/mol. The summed E-state index contributed by atoms with van der Waals surface area (Å²) in [6.07, 6.45) is -4.81. The molecular weight excluding hydrogens is 501 g/mol. The highest BCUT2D eigenvalue weighted by Crippen LogP contribution is 2.38. The van der Waals surface area contributed by atoms with Gasteiger partial charge in [-0.2, -0.15) is 13.2 Å². The number of halogens is 4. The van der Waals surface area contributed by atoms with E-state index in [0.717, 1.165) is 23.3 Å². The molecular formula is C25H24ClF3N2O3S. The van der Waals surface area contributed by atoms with E-state index in [2.05, 4.69) is 5.32 Å². The van der Waals surface area contributed by atoms with Crippen LogP contribution < -0.4 is 9.62 Å². The maximum atomic E-state index is 13.5. The fourth-order valence-corrected chi connectivity index (χ4v) is 5.03. The second kappa shape index (κ2) is 10.7. The first kappa shape index (κ1) is 26.6. The van der Waals surface area contributed by atoms with E-state index in [0.29, 0.717) is 10.4 Å². The van der Waals surface area contributed by atoms with E-state index in [1.54, 1.807) is 19.1 Å². The highest BCUT2D eigenvalue weighted by atomic mass is 35.5. The molecule has 35 heavy (non-hydrogen) atoms. The fourth-order valence-electron chi connectivity index (χ4n) is 3.39. The Morgan fingerprint density at radius 1 is 1.03 bits per heavy atom. The minimum absolute atomic E-state index is 0.0605. The van der Waals surface area contributed by atoms with E-state index in [-0.39, 0.29) is 23.0 Å². The van der Waals surface area contributed by atoms with E-state index in [9.17, 15) is 26.4 Å². The van der Waals surface area contributed by atoms with Crippen LogP contribution in [0.2, 0.25) is 5.02 Å².